The first kappa shape index (κ1) is 21.0. The quantitative estimate of drug-likeness (QED) is 0.455. The average Bonchev–Trinajstić information content (AvgIpc) is 3.21. The summed E-state index contributed by atoms with van der Waals surface area (Å²) in [7, 11) is 0. The van der Waals surface area contributed by atoms with Gasteiger partial charge in [-0.15, -0.1) is 0 Å². The highest BCUT2D eigenvalue weighted by Gasteiger charge is 2.63. The van der Waals surface area contributed by atoms with Gasteiger partial charge in [0, 0.05) is 36.8 Å². The van der Waals surface area contributed by atoms with Crippen molar-refractivity contribution in [2.24, 2.45) is 5.92 Å². The number of rotatable bonds is 6. The number of halogens is 2. The molecule has 4 atom stereocenters. The topological polar surface area (TPSA) is 43.4 Å². The summed E-state index contributed by atoms with van der Waals surface area (Å²) in [4.78, 5) is 10.0. The van der Waals surface area contributed by atoms with Crippen molar-refractivity contribution in [3.8, 4) is 11.1 Å². The van der Waals surface area contributed by atoms with E-state index in [0.29, 0.717) is 12.3 Å². The minimum absolute atomic E-state index is 0. The Morgan fingerprint density at radius 2 is 1.72 bits per heavy atom. The fraction of sp³-hybridized carbons (Fsp3) is 0.346. The Hall–Kier alpha value is -2.83. The summed E-state index contributed by atoms with van der Waals surface area (Å²) >= 11 is 0. The third-order valence-corrected chi connectivity index (χ3v) is 7.08. The van der Waals surface area contributed by atoms with Crippen molar-refractivity contribution in [3.05, 3.63) is 84.2 Å². The molecule has 2 saturated heterocycles. The van der Waals surface area contributed by atoms with Crippen LogP contribution in [-0.4, -0.2) is 22.8 Å². The van der Waals surface area contributed by atoms with E-state index in [1.165, 1.54) is 17.7 Å². The molecule has 1 N–H and O–H groups in total. The minimum atomic E-state index is -0.513. The fourth-order valence-electron chi connectivity index (χ4n) is 5.51. The zero-order valence-electron chi connectivity index (χ0n) is 18.1. The Bertz CT molecular complexity index is 1130. The number of fused-ring (bicyclic) bond motifs is 2. The van der Waals surface area contributed by atoms with Gasteiger partial charge in [-0.05, 0) is 68.7 Å². The molecule has 3 aromatic rings. The second-order valence-electron chi connectivity index (χ2n) is 9.18. The largest absolute Gasteiger partial charge is 0.368 e. The minimum Gasteiger partial charge on any atom is -0.368 e. The van der Waals surface area contributed by atoms with Crippen molar-refractivity contribution in [2.45, 2.75) is 43.8 Å². The third kappa shape index (κ3) is 3.57. The van der Waals surface area contributed by atoms with E-state index in [9.17, 15) is 8.78 Å². The summed E-state index contributed by atoms with van der Waals surface area (Å²) < 4.78 is 35.2. The standard InChI is InChI=1S/C26H26F2N2O2.H2/c1-25-11-12-26(2,32-25)24(17-9-13-29-14-10-17)21(25)16-31-30-18-7-8-20(23(28)15-18)19-5-3-4-6-22(19)27;/h3-10,13-15,21,24,30H,11-12,16H2,1-2H3;1H/t21-,24+,25-,26+;/m1./s1. The maximum Gasteiger partial charge on any atom is 0.133 e. The lowest BCUT2D eigenvalue weighted by molar-refractivity contribution is -0.0466. The Balaban J connectivity index is 0.00000259. The molecule has 2 aliphatic rings. The van der Waals surface area contributed by atoms with Crippen LogP contribution in [0.1, 0.15) is 39.6 Å². The summed E-state index contributed by atoms with van der Waals surface area (Å²) in [5.74, 6) is -0.644. The second kappa shape index (κ2) is 7.94. The molecule has 5 rings (SSSR count). The smallest absolute Gasteiger partial charge is 0.133 e. The molecule has 4 nitrogen and oxygen atoms in total. The van der Waals surface area contributed by atoms with Crippen LogP contribution in [-0.2, 0) is 9.57 Å². The monoisotopic (exact) mass is 438 g/mol. The molecular formula is C26H28F2N2O2. The molecule has 0 amide bonds. The first-order valence-electron chi connectivity index (χ1n) is 10.9. The fourth-order valence-corrected chi connectivity index (χ4v) is 5.51. The Morgan fingerprint density at radius 1 is 1.00 bits per heavy atom. The highest BCUT2D eigenvalue weighted by atomic mass is 19.1. The zero-order chi connectivity index (χ0) is 22.3. The van der Waals surface area contributed by atoms with Crippen molar-refractivity contribution < 1.29 is 19.8 Å². The lowest BCUT2D eigenvalue weighted by Gasteiger charge is -2.36. The number of hydrogen-bond donors (Lipinski definition) is 1. The number of pyridine rings is 1. The van der Waals surface area contributed by atoms with Crippen LogP contribution in [0.25, 0.3) is 11.1 Å². The molecule has 1 aromatic heterocycles. The maximum atomic E-state index is 14.7. The molecule has 2 aliphatic heterocycles. The lowest BCUT2D eigenvalue weighted by atomic mass is 9.65. The number of aromatic nitrogens is 1. The SMILES string of the molecule is C[C@]12CC[C@](C)(O1)[C@@H](c1ccncc1)[C@H]2CONc1ccc(-c2ccccc2F)c(F)c1.[HH]. The first-order chi connectivity index (χ1) is 15.4. The van der Waals surface area contributed by atoms with Gasteiger partial charge in [0.25, 0.3) is 0 Å². The van der Waals surface area contributed by atoms with Gasteiger partial charge in [-0.1, -0.05) is 18.2 Å². The molecule has 0 saturated carbocycles. The van der Waals surface area contributed by atoms with E-state index in [-0.39, 0.29) is 35.6 Å². The molecular weight excluding hydrogens is 410 g/mol. The predicted octanol–water partition coefficient (Wildman–Crippen LogP) is 6.36. The van der Waals surface area contributed by atoms with Gasteiger partial charge in [-0.25, -0.2) is 8.78 Å². The van der Waals surface area contributed by atoms with Gasteiger partial charge < -0.3 is 4.74 Å². The summed E-state index contributed by atoms with van der Waals surface area (Å²) in [5, 5.41) is 0. The number of nitrogens with zero attached hydrogens (tertiary/aromatic N) is 1. The Kier molecular flexibility index (Phi) is 5.22. The predicted molar refractivity (Wildman–Crippen MR) is 121 cm³/mol. The van der Waals surface area contributed by atoms with Crippen molar-refractivity contribution in [3.63, 3.8) is 0 Å². The van der Waals surface area contributed by atoms with Crippen LogP contribution in [0.4, 0.5) is 14.5 Å². The molecule has 3 heterocycles. The zero-order valence-corrected chi connectivity index (χ0v) is 18.1. The number of nitrogens with one attached hydrogen (secondary N) is 1. The summed E-state index contributed by atoms with van der Waals surface area (Å²) in [6, 6.07) is 14.8. The highest BCUT2D eigenvalue weighted by molar-refractivity contribution is 5.67. The van der Waals surface area contributed by atoms with E-state index in [0.717, 1.165) is 12.8 Å². The second-order valence-corrected chi connectivity index (χ2v) is 9.18. The molecule has 2 aromatic carbocycles. The lowest BCUT2D eigenvalue weighted by Crippen LogP contribution is -2.40. The normalized spacial score (nSPS) is 28.8. The van der Waals surface area contributed by atoms with Gasteiger partial charge in [-0.2, -0.15) is 0 Å². The van der Waals surface area contributed by atoms with Crippen molar-refractivity contribution in [1.82, 2.24) is 4.98 Å². The van der Waals surface area contributed by atoms with Crippen molar-refractivity contribution in [2.75, 3.05) is 12.1 Å². The van der Waals surface area contributed by atoms with Crippen LogP contribution in [0.15, 0.2) is 67.0 Å². The van der Waals surface area contributed by atoms with Crippen LogP contribution in [0.2, 0.25) is 0 Å². The number of ether oxygens (including phenoxy) is 1. The molecule has 32 heavy (non-hydrogen) atoms. The molecule has 0 radical (unpaired) electrons. The summed E-state index contributed by atoms with van der Waals surface area (Å²) in [5.41, 5.74) is 4.47. The molecule has 2 bridgehead atoms. The molecule has 168 valence electrons. The van der Waals surface area contributed by atoms with E-state index in [1.807, 2.05) is 24.5 Å². The van der Waals surface area contributed by atoms with Gasteiger partial charge in [0.1, 0.15) is 11.6 Å². The van der Waals surface area contributed by atoms with Gasteiger partial charge in [0.05, 0.1) is 23.5 Å². The molecule has 0 unspecified atom stereocenters. The number of anilines is 1. The Labute approximate surface area is 188 Å². The van der Waals surface area contributed by atoms with Crippen molar-refractivity contribution >= 4 is 5.69 Å². The summed E-state index contributed by atoms with van der Waals surface area (Å²) in [6.07, 6.45) is 5.60. The van der Waals surface area contributed by atoms with Crippen LogP contribution in [0.3, 0.4) is 0 Å². The maximum absolute atomic E-state index is 14.7. The van der Waals surface area contributed by atoms with Crippen LogP contribution in [0, 0.1) is 17.6 Å². The molecule has 2 fully saturated rings. The van der Waals surface area contributed by atoms with Gasteiger partial charge in [0.15, 0.2) is 0 Å². The average molecular weight is 439 g/mol. The Morgan fingerprint density at radius 3 is 2.47 bits per heavy atom. The number of benzene rings is 2. The van der Waals surface area contributed by atoms with Gasteiger partial charge in [-0.3, -0.25) is 15.3 Å². The van der Waals surface area contributed by atoms with E-state index in [1.54, 1.807) is 30.3 Å². The van der Waals surface area contributed by atoms with E-state index < -0.39 is 11.6 Å². The molecule has 0 spiro atoms. The first-order valence-corrected chi connectivity index (χ1v) is 10.9. The third-order valence-electron chi connectivity index (χ3n) is 7.08. The van der Waals surface area contributed by atoms with Gasteiger partial charge in [0.2, 0.25) is 0 Å². The summed E-state index contributed by atoms with van der Waals surface area (Å²) in [6.45, 7) is 4.74. The van der Waals surface area contributed by atoms with Crippen molar-refractivity contribution in [1.29, 1.82) is 0 Å². The van der Waals surface area contributed by atoms with Crippen LogP contribution >= 0.6 is 0 Å². The molecule has 0 aliphatic carbocycles. The van der Waals surface area contributed by atoms with Crippen LogP contribution in [0.5, 0.6) is 0 Å². The van der Waals surface area contributed by atoms with E-state index >= 15 is 0 Å². The van der Waals surface area contributed by atoms with Crippen LogP contribution < -0.4 is 5.48 Å². The van der Waals surface area contributed by atoms with E-state index in [2.05, 4.69) is 24.3 Å². The highest BCUT2D eigenvalue weighted by Crippen LogP contribution is 2.61. The van der Waals surface area contributed by atoms with Gasteiger partial charge >= 0.3 is 0 Å². The molecule has 6 heteroatoms. The number of hydrogen-bond acceptors (Lipinski definition) is 4. The van der Waals surface area contributed by atoms with E-state index in [4.69, 9.17) is 9.57 Å².